The van der Waals surface area contributed by atoms with Gasteiger partial charge in [0.1, 0.15) is 12.2 Å². The standard InChI is InChI=1S/C27H27FN4O4/c28-18-6-8-19(9-7-18)29-26(35)13-27(36)32-14-16-4-5-17(15-32)21(16)12-25(34)31-23-3-1-2-22-20(23)10-11-24(33)30-22/h1-3,6-11,16-17,21H,4-5,12-15H2,(H,29,35)(H,30,33)(H,31,34). The summed E-state index contributed by atoms with van der Waals surface area (Å²) in [4.78, 5) is 54.1. The number of hydrogen-bond acceptors (Lipinski definition) is 4. The van der Waals surface area contributed by atoms with E-state index in [0.717, 1.165) is 18.2 Å². The second kappa shape index (κ2) is 9.93. The van der Waals surface area contributed by atoms with E-state index >= 15 is 0 Å². The first-order valence-corrected chi connectivity index (χ1v) is 12.1. The SMILES string of the molecule is O=C(CC(=O)N1CC2CCC(C1)C2CC(=O)Nc1cccc2[nH]c(=O)ccc12)Nc1ccc(F)cc1. The zero-order valence-electron chi connectivity index (χ0n) is 19.6. The van der Waals surface area contributed by atoms with Crippen LogP contribution in [0, 0.1) is 23.6 Å². The van der Waals surface area contributed by atoms with Crippen LogP contribution >= 0.6 is 0 Å². The van der Waals surface area contributed by atoms with Gasteiger partial charge in [-0.15, -0.1) is 0 Å². The number of pyridine rings is 1. The number of benzene rings is 2. The van der Waals surface area contributed by atoms with Gasteiger partial charge in [-0.2, -0.15) is 0 Å². The number of nitrogens with zero attached hydrogens (tertiary/aromatic N) is 1. The third kappa shape index (κ3) is 5.15. The molecule has 0 radical (unpaired) electrons. The van der Waals surface area contributed by atoms with E-state index in [1.807, 2.05) is 6.07 Å². The smallest absolute Gasteiger partial charge is 0.248 e. The first-order valence-electron chi connectivity index (χ1n) is 12.1. The largest absolute Gasteiger partial charge is 0.342 e. The van der Waals surface area contributed by atoms with Crippen molar-refractivity contribution < 1.29 is 18.8 Å². The van der Waals surface area contributed by atoms with E-state index in [2.05, 4.69) is 15.6 Å². The molecule has 0 spiro atoms. The maximum atomic E-state index is 13.0. The summed E-state index contributed by atoms with van der Waals surface area (Å²) >= 11 is 0. The second-order valence-corrected chi connectivity index (χ2v) is 9.63. The first kappa shape index (κ1) is 23.7. The van der Waals surface area contributed by atoms with Crippen LogP contribution in [0.3, 0.4) is 0 Å². The summed E-state index contributed by atoms with van der Waals surface area (Å²) in [6, 6.07) is 13.9. The molecule has 1 saturated heterocycles. The van der Waals surface area contributed by atoms with Gasteiger partial charge in [0.2, 0.25) is 23.3 Å². The Balaban J connectivity index is 1.16. The Morgan fingerprint density at radius 2 is 1.64 bits per heavy atom. The van der Waals surface area contributed by atoms with Crippen LogP contribution in [0.4, 0.5) is 15.8 Å². The molecule has 186 valence electrons. The third-order valence-electron chi connectivity index (χ3n) is 7.28. The minimum Gasteiger partial charge on any atom is -0.342 e. The van der Waals surface area contributed by atoms with Crippen molar-refractivity contribution in [3.8, 4) is 0 Å². The number of aromatic amines is 1. The van der Waals surface area contributed by atoms with Gasteiger partial charge in [0.15, 0.2) is 0 Å². The van der Waals surface area contributed by atoms with Crippen LogP contribution in [-0.2, 0) is 14.4 Å². The van der Waals surface area contributed by atoms with Crippen LogP contribution in [0.1, 0.15) is 25.7 Å². The van der Waals surface area contributed by atoms with Crippen LogP contribution in [0.2, 0.25) is 0 Å². The molecule has 2 atom stereocenters. The van der Waals surface area contributed by atoms with E-state index in [4.69, 9.17) is 0 Å². The quantitative estimate of drug-likeness (QED) is 0.459. The summed E-state index contributed by atoms with van der Waals surface area (Å²) in [5.41, 5.74) is 1.56. The van der Waals surface area contributed by atoms with Crippen LogP contribution in [-0.4, -0.2) is 40.7 Å². The van der Waals surface area contributed by atoms with Gasteiger partial charge >= 0.3 is 0 Å². The van der Waals surface area contributed by atoms with Crippen molar-refractivity contribution in [3.63, 3.8) is 0 Å². The Bertz CT molecular complexity index is 1360. The molecule has 3 aromatic rings. The Morgan fingerprint density at radius 3 is 2.36 bits per heavy atom. The van der Waals surface area contributed by atoms with Gasteiger partial charge in [-0.05, 0) is 73.1 Å². The van der Waals surface area contributed by atoms with Gasteiger partial charge in [-0.25, -0.2) is 4.39 Å². The molecule has 2 unspecified atom stereocenters. The highest BCUT2D eigenvalue weighted by Crippen LogP contribution is 2.44. The first-order chi connectivity index (χ1) is 17.4. The molecule has 3 amide bonds. The maximum Gasteiger partial charge on any atom is 0.248 e. The lowest BCUT2D eigenvalue weighted by Crippen LogP contribution is -2.46. The summed E-state index contributed by atoms with van der Waals surface area (Å²) in [6.07, 6.45) is 1.99. The number of likely N-dealkylation sites (tertiary alicyclic amines) is 1. The molecule has 2 aromatic carbocycles. The van der Waals surface area contributed by atoms with E-state index in [1.165, 1.54) is 30.3 Å². The lowest BCUT2D eigenvalue weighted by molar-refractivity contribution is -0.137. The number of aromatic nitrogens is 1. The average molecular weight is 491 g/mol. The molecule has 1 aliphatic heterocycles. The van der Waals surface area contributed by atoms with Crippen molar-refractivity contribution >= 4 is 40.0 Å². The molecule has 36 heavy (non-hydrogen) atoms. The molecular formula is C27H27FN4O4. The van der Waals surface area contributed by atoms with E-state index in [0.29, 0.717) is 36.4 Å². The number of carbonyl (C=O) groups excluding carboxylic acids is 3. The van der Waals surface area contributed by atoms with Crippen LogP contribution in [0.15, 0.2) is 59.4 Å². The number of piperidine rings is 1. The topological polar surface area (TPSA) is 111 Å². The molecule has 3 N–H and O–H groups in total. The van der Waals surface area contributed by atoms with Crippen molar-refractivity contribution in [2.75, 3.05) is 23.7 Å². The van der Waals surface area contributed by atoms with E-state index in [1.54, 1.807) is 23.1 Å². The predicted molar refractivity (Wildman–Crippen MR) is 134 cm³/mol. The average Bonchev–Trinajstić information content (AvgIpc) is 3.06. The Hall–Kier alpha value is -4.01. The molecule has 5 rings (SSSR count). The zero-order chi connectivity index (χ0) is 25.2. The summed E-state index contributed by atoms with van der Waals surface area (Å²) in [7, 11) is 0. The molecule has 9 heteroatoms. The zero-order valence-corrected chi connectivity index (χ0v) is 19.6. The lowest BCUT2D eigenvalue weighted by Gasteiger charge is -2.37. The highest BCUT2D eigenvalue weighted by Gasteiger charge is 2.44. The second-order valence-electron chi connectivity index (χ2n) is 9.63. The molecule has 2 bridgehead atoms. The molecular weight excluding hydrogens is 463 g/mol. The number of H-pyrrole nitrogens is 1. The molecule has 2 fully saturated rings. The number of carbonyl (C=O) groups is 3. The number of halogens is 1. The predicted octanol–water partition coefficient (Wildman–Crippen LogP) is 3.51. The summed E-state index contributed by atoms with van der Waals surface area (Å²) in [5.74, 6) is -0.559. The van der Waals surface area contributed by atoms with Gasteiger partial charge in [0.25, 0.3) is 0 Å². The summed E-state index contributed by atoms with van der Waals surface area (Å²) < 4.78 is 13.0. The molecule has 1 saturated carbocycles. The summed E-state index contributed by atoms with van der Waals surface area (Å²) in [6.45, 7) is 1.07. The number of amides is 3. The maximum absolute atomic E-state index is 13.0. The van der Waals surface area contributed by atoms with Crippen molar-refractivity contribution in [2.45, 2.75) is 25.7 Å². The number of anilines is 2. The molecule has 8 nitrogen and oxygen atoms in total. The van der Waals surface area contributed by atoms with E-state index in [9.17, 15) is 23.6 Å². The van der Waals surface area contributed by atoms with Gasteiger partial charge < -0.3 is 20.5 Å². The number of rotatable bonds is 6. The summed E-state index contributed by atoms with van der Waals surface area (Å²) in [5, 5.41) is 6.39. The Labute approximate surface area is 206 Å². The highest BCUT2D eigenvalue weighted by atomic mass is 19.1. The minimum absolute atomic E-state index is 0.0888. The van der Waals surface area contributed by atoms with Crippen LogP contribution < -0.4 is 16.2 Å². The molecule has 1 aliphatic carbocycles. The van der Waals surface area contributed by atoms with Crippen molar-refractivity contribution in [3.05, 3.63) is 70.8 Å². The Morgan fingerprint density at radius 1 is 0.917 bits per heavy atom. The number of fused-ring (bicyclic) bond motifs is 3. The Kier molecular flexibility index (Phi) is 6.54. The van der Waals surface area contributed by atoms with Crippen LogP contribution in [0.5, 0.6) is 0 Å². The third-order valence-corrected chi connectivity index (χ3v) is 7.28. The van der Waals surface area contributed by atoms with Crippen molar-refractivity contribution in [1.82, 2.24) is 9.88 Å². The van der Waals surface area contributed by atoms with Gasteiger partial charge in [-0.1, -0.05) is 6.07 Å². The van der Waals surface area contributed by atoms with Gasteiger partial charge in [0.05, 0.1) is 11.2 Å². The van der Waals surface area contributed by atoms with E-state index < -0.39 is 11.7 Å². The van der Waals surface area contributed by atoms with Crippen molar-refractivity contribution in [2.24, 2.45) is 17.8 Å². The number of nitrogens with one attached hydrogen (secondary N) is 3. The molecule has 1 aromatic heterocycles. The molecule has 2 heterocycles. The van der Waals surface area contributed by atoms with Gasteiger partial charge in [-0.3, -0.25) is 19.2 Å². The molecule has 2 aliphatic rings. The fourth-order valence-corrected chi connectivity index (χ4v) is 5.57. The van der Waals surface area contributed by atoms with Gasteiger partial charge in [0, 0.05) is 36.7 Å². The number of hydrogen-bond donors (Lipinski definition) is 3. The lowest BCUT2D eigenvalue weighted by atomic mass is 9.82. The van der Waals surface area contributed by atoms with Crippen LogP contribution in [0.25, 0.3) is 10.9 Å². The minimum atomic E-state index is -0.433. The highest BCUT2D eigenvalue weighted by molar-refractivity contribution is 6.03. The fraction of sp³-hybridized carbons (Fsp3) is 0.333. The van der Waals surface area contributed by atoms with Crippen molar-refractivity contribution in [1.29, 1.82) is 0 Å². The monoisotopic (exact) mass is 490 g/mol. The normalized spacial score (nSPS) is 20.8. The fourth-order valence-electron chi connectivity index (χ4n) is 5.57. The van der Waals surface area contributed by atoms with E-state index in [-0.39, 0.29) is 41.5 Å².